The van der Waals surface area contributed by atoms with Gasteiger partial charge >= 0.3 is 5.97 Å². The van der Waals surface area contributed by atoms with Crippen LogP contribution in [0.15, 0.2) is 48.5 Å². The smallest absolute Gasteiger partial charge is 0.338 e. The van der Waals surface area contributed by atoms with Gasteiger partial charge in [0, 0.05) is 17.8 Å². The lowest BCUT2D eigenvalue weighted by atomic mass is 10.1. The minimum Gasteiger partial charge on any atom is -0.452 e. The summed E-state index contributed by atoms with van der Waals surface area (Å²) in [6.07, 6.45) is 0.862. The van der Waals surface area contributed by atoms with E-state index in [9.17, 15) is 19.7 Å². The zero-order valence-electron chi connectivity index (χ0n) is 13.0. The first-order valence-corrected chi connectivity index (χ1v) is 7.30. The van der Waals surface area contributed by atoms with E-state index in [1.165, 1.54) is 24.3 Å². The van der Waals surface area contributed by atoms with Gasteiger partial charge in [0.2, 0.25) is 0 Å². The number of nitro groups is 1. The lowest BCUT2D eigenvalue weighted by molar-refractivity contribution is -0.384. The maximum atomic E-state index is 11.9. The van der Waals surface area contributed by atoms with E-state index in [1.807, 2.05) is 19.1 Å². The van der Waals surface area contributed by atoms with Crippen molar-refractivity contribution < 1.29 is 19.2 Å². The number of nitro benzene ring substituents is 1. The number of non-ortho nitro benzene ring substituents is 1. The lowest BCUT2D eigenvalue weighted by Gasteiger charge is -2.07. The molecule has 1 N–H and O–H groups in total. The highest BCUT2D eigenvalue weighted by Gasteiger charge is 2.12. The number of ether oxygens (including phenoxy) is 1. The predicted octanol–water partition coefficient (Wildman–Crippen LogP) is 2.95. The van der Waals surface area contributed by atoms with Crippen LogP contribution in [-0.2, 0) is 16.0 Å². The minimum atomic E-state index is -0.605. The third-order valence-corrected chi connectivity index (χ3v) is 3.27. The Morgan fingerprint density at radius 2 is 1.88 bits per heavy atom. The number of aryl methyl sites for hydroxylation is 1. The monoisotopic (exact) mass is 328 g/mol. The van der Waals surface area contributed by atoms with Crippen molar-refractivity contribution in [1.82, 2.24) is 0 Å². The molecule has 7 heteroatoms. The molecule has 0 saturated heterocycles. The Bertz CT molecular complexity index is 756. The summed E-state index contributed by atoms with van der Waals surface area (Å²) in [5.41, 5.74) is 1.57. The first-order valence-electron chi connectivity index (χ1n) is 7.30. The zero-order chi connectivity index (χ0) is 17.5. The minimum absolute atomic E-state index is 0.138. The predicted molar refractivity (Wildman–Crippen MR) is 87.8 cm³/mol. The van der Waals surface area contributed by atoms with Gasteiger partial charge in [0.05, 0.1) is 10.5 Å². The summed E-state index contributed by atoms with van der Waals surface area (Å²) in [6, 6.07) is 12.4. The maximum Gasteiger partial charge on any atom is 0.338 e. The second-order valence-electron chi connectivity index (χ2n) is 4.98. The van der Waals surface area contributed by atoms with Crippen molar-refractivity contribution in [3.63, 3.8) is 0 Å². The number of benzene rings is 2. The third-order valence-electron chi connectivity index (χ3n) is 3.27. The average molecular weight is 328 g/mol. The van der Waals surface area contributed by atoms with E-state index in [0.717, 1.165) is 12.0 Å². The Hall–Kier alpha value is -3.22. The van der Waals surface area contributed by atoms with Crippen LogP contribution >= 0.6 is 0 Å². The van der Waals surface area contributed by atoms with Gasteiger partial charge in [-0.2, -0.15) is 0 Å². The van der Waals surface area contributed by atoms with Crippen molar-refractivity contribution in [3.8, 4) is 0 Å². The summed E-state index contributed by atoms with van der Waals surface area (Å²) in [5.74, 6) is -1.18. The summed E-state index contributed by atoms with van der Waals surface area (Å²) >= 11 is 0. The Balaban J connectivity index is 1.89. The largest absolute Gasteiger partial charge is 0.452 e. The second-order valence-corrected chi connectivity index (χ2v) is 4.98. The normalized spacial score (nSPS) is 10.0. The van der Waals surface area contributed by atoms with Gasteiger partial charge in [0.15, 0.2) is 6.61 Å². The molecule has 2 aromatic rings. The number of esters is 1. The van der Waals surface area contributed by atoms with Gasteiger partial charge in [-0.25, -0.2) is 4.79 Å². The van der Waals surface area contributed by atoms with E-state index in [-0.39, 0.29) is 11.4 Å². The summed E-state index contributed by atoms with van der Waals surface area (Å²) in [5, 5.41) is 13.1. The molecule has 7 nitrogen and oxygen atoms in total. The molecule has 0 spiro atoms. The molecule has 0 bridgehead atoms. The molecule has 0 heterocycles. The Kier molecular flexibility index (Phi) is 5.62. The van der Waals surface area contributed by atoms with Crippen LogP contribution in [-0.4, -0.2) is 23.4 Å². The Morgan fingerprint density at radius 3 is 2.50 bits per heavy atom. The van der Waals surface area contributed by atoms with Gasteiger partial charge in [-0.05, 0) is 30.2 Å². The van der Waals surface area contributed by atoms with Gasteiger partial charge in [-0.15, -0.1) is 0 Å². The quantitative estimate of drug-likeness (QED) is 0.499. The van der Waals surface area contributed by atoms with Crippen LogP contribution in [0.5, 0.6) is 0 Å². The fourth-order valence-electron chi connectivity index (χ4n) is 1.99. The van der Waals surface area contributed by atoms with Crippen molar-refractivity contribution in [1.29, 1.82) is 0 Å². The third kappa shape index (κ3) is 4.64. The van der Waals surface area contributed by atoms with Crippen LogP contribution in [0, 0.1) is 10.1 Å². The van der Waals surface area contributed by atoms with Crippen LogP contribution in [0.4, 0.5) is 11.4 Å². The number of nitrogens with zero attached hydrogens (tertiary/aromatic N) is 1. The number of amides is 1. The molecule has 0 aliphatic carbocycles. The number of hydrogen-bond donors (Lipinski definition) is 1. The van der Waals surface area contributed by atoms with Crippen LogP contribution in [0.3, 0.4) is 0 Å². The van der Waals surface area contributed by atoms with Gasteiger partial charge < -0.3 is 10.1 Å². The number of carbonyl (C=O) groups is 2. The zero-order valence-corrected chi connectivity index (χ0v) is 13.0. The van der Waals surface area contributed by atoms with Crippen LogP contribution in [0.1, 0.15) is 22.8 Å². The lowest BCUT2D eigenvalue weighted by Crippen LogP contribution is -2.21. The van der Waals surface area contributed by atoms with Gasteiger partial charge in [0.25, 0.3) is 11.6 Å². The fraction of sp³-hybridized carbons (Fsp3) is 0.176. The number of anilines is 1. The molecular weight excluding hydrogens is 312 g/mol. The highest BCUT2D eigenvalue weighted by molar-refractivity contribution is 5.95. The molecule has 1 amide bonds. The highest BCUT2D eigenvalue weighted by Crippen LogP contribution is 2.16. The first kappa shape index (κ1) is 17.1. The Morgan fingerprint density at radius 1 is 1.17 bits per heavy atom. The van der Waals surface area contributed by atoms with Crippen LogP contribution in [0.2, 0.25) is 0 Å². The van der Waals surface area contributed by atoms with Crippen molar-refractivity contribution in [3.05, 3.63) is 69.8 Å². The molecule has 0 aliphatic rings. The van der Waals surface area contributed by atoms with E-state index in [2.05, 4.69) is 5.32 Å². The van der Waals surface area contributed by atoms with Gasteiger partial charge in [-0.3, -0.25) is 14.9 Å². The van der Waals surface area contributed by atoms with Crippen molar-refractivity contribution >= 4 is 23.3 Å². The standard InChI is InChI=1S/C17H16N2O5/c1-2-12-6-8-13(9-7-12)17(21)24-11-16(20)18-14-4-3-5-15(10-14)19(22)23/h3-10H,2,11H2,1H3,(H,18,20). The number of hydrogen-bond acceptors (Lipinski definition) is 5. The topological polar surface area (TPSA) is 98.5 Å². The maximum absolute atomic E-state index is 11.9. The first-order chi connectivity index (χ1) is 11.5. The SMILES string of the molecule is CCc1ccc(C(=O)OCC(=O)Nc2cccc([N+](=O)[O-])c2)cc1. The fourth-order valence-corrected chi connectivity index (χ4v) is 1.99. The molecule has 0 atom stereocenters. The second kappa shape index (κ2) is 7.87. The number of rotatable bonds is 6. The molecule has 0 radical (unpaired) electrons. The number of nitrogens with one attached hydrogen (secondary N) is 1. The van der Waals surface area contributed by atoms with Gasteiger partial charge in [0.1, 0.15) is 0 Å². The molecule has 0 aliphatic heterocycles. The number of carbonyl (C=O) groups excluding carboxylic acids is 2. The summed E-state index contributed by atoms with van der Waals surface area (Å²) in [4.78, 5) is 33.7. The molecule has 24 heavy (non-hydrogen) atoms. The molecule has 2 rings (SSSR count). The molecule has 2 aromatic carbocycles. The van der Waals surface area contributed by atoms with Crippen molar-refractivity contribution in [2.24, 2.45) is 0 Å². The summed E-state index contributed by atoms with van der Waals surface area (Å²) < 4.78 is 4.93. The summed E-state index contributed by atoms with van der Waals surface area (Å²) in [6.45, 7) is 1.53. The van der Waals surface area contributed by atoms with E-state index < -0.39 is 23.4 Å². The van der Waals surface area contributed by atoms with Crippen molar-refractivity contribution in [2.45, 2.75) is 13.3 Å². The van der Waals surface area contributed by atoms with Crippen molar-refractivity contribution in [2.75, 3.05) is 11.9 Å². The molecule has 0 fully saturated rings. The molecule has 0 saturated carbocycles. The Labute approximate surface area is 138 Å². The van der Waals surface area contributed by atoms with E-state index in [4.69, 9.17) is 4.74 Å². The van der Waals surface area contributed by atoms with Crippen LogP contribution < -0.4 is 5.32 Å². The summed E-state index contributed by atoms with van der Waals surface area (Å²) in [7, 11) is 0. The van der Waals surface area contributed by atoms with Crippen LogP contribution in [0.25, 0.3) is 0 Å². The molecule has 124 valence electrons. The van der Waals surface area contributed by atoms with E-state index in [1.54, 1.807) is 12.1 Å². The van der Waals surface area contributed by atoms with E-state index >= 15 is 0 Å². The molecule has 0 aromatic heterocycles. The average Bonchev–Trinajstić information content (AvgIpc) is 2.60. The highest BCUT2D eigenvalue weighted by atomic mass is 16.6. The molecule has 0 unspecified atom stereocenters. The van der Waals surface area contributed by atoms with Gasteiger partial charge in [-0.1, -0.05) is 25.1 Å². The van der Waals surface area contributed by atoms with E-state index in [0.29, 0.717) is 5.56 Å². The molecular formula is C17H16N2O5.